The molecule has 2 aliphatic rings. The highest BCUT2D eigenvalue weighted by Crippen LogP contribution is 2.29. The zero-order chi connectivity index (χ0) is 22.8. The van der Waals surface area contributed by atoms with Gasteiger partial charge in [-0.05, 0) is 81.4 Å². The smallest absolute Gasteiger partial charge is 0.306 e. The van der Waals surface area contributed by atoms with E-state index < -0.39 is 23.5 Å². The summed E-state index contributed by atoms with van der Waals surface area (Å²) in [6.45, 7) is 5.54. The van der Waals surface area contributed by atoms with Gasteiger partial charge in [0.05, 0.1) is 0 Å². The zero-order valence-electron chi connectivity index (χ0n) is 18.4. The molecule has 1 atom stereocenters. The summed E-state index contributed by atoms with van der Waals surface area (Å²) >= 11 is 0. The van der Waals surface area contributed by atoms with E-state index >= 15 is 0 Å². The first kappa shape index (κ1) is 22.7. The number of Topliss-reactive ketones (excluding diaryl/α,β-unsaturated/α-hetero) is 1. The van der Waals surface area contributed by atoms with E-state index in [0.29, 0.717) is 12.0 Å². The van der Waals surface area contributed by atoms with Crippen molar-refractivity contribution >= 4 is 29.6 Å². The molecule has 7 heteroatoms. The molecule has 1 aliphatic carbocycles. The Balaban J connectivity index is 1.73. The number of ether oxygens (including phenoxy) is 1. The van der Waals surface area contributed by atoms with Gasteiger partial charge in [-0.2, -0.15) is 0 Å². The molecular weight excluding hydrogens is 396 g/mol. The van der Waals surface area contributed by atoms with Gasteiger partial charge in [0, 0.05) is 24.9 Å². The average molecular weight is 427 g/mol. The number of nitrogens with two attached hydrogens (primary N) is 1. The molecule has 1 saturated carbocycles. The molecule has 31 heavy (non-hydrogen) atoms. The van der Waals surface area contributed by atoms with Crippen molar-refractivity contribution in [2.24, 2.45) is 5.73 Å². The maximum atomic E-state index is 12.9. The van der Waals surface area contributed by atoms with Crippen molar-refractivity contribution in [3.05, 3.63) is 40.5 Å². The predicted molar refractivity (Wildman–Crippen MR) is 116 cm³/mol. The van der Waals surface area contributed by atoms with Gasteiger partial charge in [-0.25, -0.2) is 0 Å². The van der Waals surface area contributed by atoms with Crippen LogP contribution >= 0.6 is 0 Å². The first-order valence-corrected chi connectivity index (χ1v) is 10.7. The molecule has 7 nitrogen and oxygen atoms in total. The third-order valence-electron chi connectivity index (χ3n) is 5.51. The van der Waals surface area contributed by atoms with Crippen LogP contribution in [-0.2, 0) is 25.7 Å². The normalized spacial score (nSPS) is 18.8. The number of carbonyl (C=O) groups is 4. The van der Waals surface area contributed by atoms with E-state index in [1.165, 1.54) is 4.90 Å². The third kappa shape index (κ3) is 5.60. The van der Waals surface area contributed by atoms with Crippen LogP contribution in [0.4, 0.5) is 0 Å². The summed E-state index contributed by atoms with van der Waals surface area (Å²) in [6.07, 6.45) is 5.29. The van der Waals surface area contributed by atoms with Crippen LogP contribution < -0.4 is 5.73 Å². The molecule has 0 bridgehead atoms. The summed E-state index contributed by atoms with van der Waals surface area (Å²) in [5.74, 6) is -1.19. The number of carbonyl (C=O) groups excluding carboxylic acids is 4. The SMILES string of the molecule is CC(C)(C)OC(=O)CCC(C(N)=O)N1Cc2cc(/C=C3\CCCCC3=O)ccc2C1=O. The molecule has 0 radical (unpaired) electrons. The quantitative estimate of drug-likeness (QED) is 0.555. The first-order chi connectivity index (χ1) is 14.5. The van der Waals surface area contributed by atoms with Crippen molar-refractivity contribution in [3.8, 4) is 0 Å². The summed E-state index contributed by atoms with van der Waals surface area (Å²) in [6, 6.07) is 4.53. The molecular formula is C24H30N2O5. The highest BCUT2D eigenvalue weighted by Gasteiger charge is 2.36. The summed E-state index contributed by atoms with van der Waals surface area (Å²) in [4.78, 5) is 50.5. The number of primary amides is 1. The van der Waals surface area contributed by atoms with Gasteiger partial charge in [0.15, 0.2) is 5.78 Å². The number of ketones is 1. The van der Waals surface area contributed by atoms with Crippen LogP contribution in [0.3, 0.4) is 0 Å². The molecule has 1 aromatic rings. The molecule has 1 fully saturated rings. The van der Waals surface area contributed by atoms with Crippen molar-refractivity contribution in [1.82, 2.24) is 4.90 Å². The van der Waals surface area contributed by atoms with E-state index in [0.717, 1.165) is 36.0 Å². The fourth-order valence-corrected chi connectivity index (χ4v) is 4.06. The number of amides is 2. The van der Waals surface area contributed by atoms with Crippen molar-refractivity contribution < 1.29 is 23.9 Å². The minimum atomic E-state index is -0.894. The molecule has 1 aromatic carbocycles. The number of rotatable bonds is 6. The number of hydrogen-bond acceptors (Lipinski definition) is 5. The highest BCUT2D eigenvalue weighted by atomic mass is 16.6. The molecule has 1 aliphatic heterocycles. The Morgan fingerprint density at radius 2 is 1.90 bits per heavy atom. The summed E-state index contributed by atoms with van der Waals surface area (Å²) < 4.78 is 5.29. The topological polar surface area (TPSA) is 107 Å². The van der Waals surface area contributed by atoms with Crippen LogP contribution in [0.5, 0.6) is 0 Å². The average Bonchev–Trinajstić information content (AvgIpc) is 2.98. The number of allylic oxidation sites excluding steroid dienone is 1. The second-order valence-electron chi connectivity index (χ2n) is 9.19. The molecule has 2 N–H and O–H groups in total. The lowest BCUT2D eigenvalue weighted by Crippen LogP contribution is -2.45. The Hall–Kier alpha value is -2.96. The second kappa shape index (κ2) is 9.04. The van der Waals surface area contributed by atoms with Crippen LogP contribution in [0.2, 0.25) is 0 Å². The molecule has 2 amide bonds. The van der Waals surface area contributed by atoms with Crippen LogP contribution in [0, 0.1) is 0 Å². The van der Waals surface area contributed by atoms with E-state index in [1.807, 2.05) is 18.2 Å². The van der Waals surface area contributed by atoms with Gasteiger partial charge in [-0.1, -0.05) is 6.07 Å². The molecule has 0 aromatic heterocycles. The molecule has 1 unspecified atom stereocenters. The van der Waals surface area contributed by atoms with Gasteiger partial charge < -0.3 is 15.4 Å². The van der Waals surface area contributed by atoms with E-state index in [-0.39, 0.29) is 31.1 Å². The fourth-order valence-electron chi connectivity index (χ4n) is 4.06. The van der Waals surface area contributed by atoms with Crippen molar-refractivity contribution in [3.63, 3.8) is 0 Å². The summed E-state index contributed by atoms with van der Waals surface area (Å²) in [5.41, 5.74) is 7.92. The Kier molecular flexibility index (Phi) is 6.62. The van der Waals surface area contributed by atoms with E-state index in [9.17, 15) is 19.2 Å². The lowest BCUT2D eigenvalue weighted by molar-refractivity contribution is -0.155. The lowest BCUT2D eigenvalue weighted by Gasteiger charge is -2.25. The standard InChI is InChI=1S/C24H30N2O5/c1-24(2,3)31-21(28)11-10-19(22(25)29)26-14-17-13-15(8-9-18(17)23(26)30)12-16-6-4-5-7-20(16)27/h8-9,12-13,19H,4-7,10-11,14H2,1-3H3,(H2,25,29)/b16-12+. The summed E-state index contributed by atoms with van der Waals surface area (Å²) in [5, 5.41) is 0. The largest absolute Gasteiger partial charge is 0.460 e. The first-order valence-electron chi connectivity index (χ1n) is 10.7. The number of hydrogen-bond donors (Lipinski definition) is 1. The Bertz CT molecular complexity index is 942. The van der Waals surface area contributed by atoms with Crippen LogP contribution in [0.1, 0.15) is 80.8 Å². The van der Waals surface area contributed by atoms with E-state index in [1.54, 1.807) is 26.8 Å². The van der Waals surface area contributed by atoms with Crippen LogP contribution in [0.25, 0.3) is 6.08 Å². The molecule has 3 rings (SSSR count). The third-order valence-corrected chi connectivity index (χ3v) is 5.51. The van der Waals surface area contributed by atoms with Crippen LogP contribution in [0.15, 0.2) is 23.8 Å². The Morgan fingerprint density at radius 1 is 1.19 bits per heavy atom. The molecule has 166 valence electrons. The minimum absolute atomic E-state index is 0.00946. The highest BCUT2D eigenvalue weighted by molar-refractivity contribution is 6.02. The molecule has 0 spiro atoms. The number of esters is 1. The number of fused-ring (bicyclic) bond motifs is 1. The molecule has 0 saturated heterocycles. The number of nitrogens with zero attached hydrogens (tertiary/aromatic N) is 1. The van der Waals surface area contributed by atoms with Gasteiger partial charge in [0.2, 0.25) is 5.91 Å². The minimum Gasteiger partial charge on any atom is -0.460 e. The lowest BCUT2D eigenvalue weighted by atomic mass is 9.91. The van der Waals surface area contributed by atoms with Crippen molar-refractivity contribution in [2.45, 2.75) is 77.5 Å². The van der Waals surface area contributed by atoms with Gasteiger partial charge in [0.25, 0.3) is 5.91 Å². The maximum absolute atomic E-state index is 12.9. The summed E-state index contributed by atoms with van der Waals surface area (Å²) in [7, 11) is 0. The predicted octanol–water partition coefficient (Wildman–Crippen LogP) is 3.14. The van der Waals surface area contributed by atoms with Crippen molar-refractivity contribution in [1.29, 1.82) is 0 Å². The van der Waals surface area contributed by atoms with Crippen molar-refractivity contribution in [2.75, 3.05) is 0 Å². The van der Waals surface area contributed by atoms with E-state index in [4.69, 9.17) is 10.5 Å². The fraction of sp³-hybridized carbons (Fsp3) is 0.500. The molecule has 1 heterocycles. The zero-order valence-corrected chi connectivity index (χ0v) is 18.4. The second-order valence-corrected chi connectivity index (χ2v) is 9.19. The van der Waals surface area contributed by atoms with E-state index in [2.05, 4.69) is 0 Å². The van der Waals surface area contributed by atoms with Gasteiger partial charge in [0.1, 0.15) is 11.6 Å². The van der Waals surface area contributed by atoms with Gasteiger partial charge in [-0.3, -0.25) is 19.2 Å². The maximum Gasteiger partial charge on any atom is 0.306 e. The number of benzene rings is 1. The monoisotopic (exact) mass is 426 g/mol. The van der Waals surface area contributed by atoms with Gasteiger partial charge in [-0.15, -0.1) is 0 Å². The van der Waals surface area contributed by atoms with Gasteiger partial charge >= 0.3 is 5.97 Å². The Morgan fingerprint density at radius 3 is 2.55 bits per heavy atom. The Labute approximate surface area is 182 Å². The van der Waals surface area contributed by atoms with Crippen LogP contribution in [-0.4, -0.2) is 40.1 Å².